The van der Waals surface area contributed by atoms with Gasteiger partial charge in [0.05, 0.1) is 5.56 Å². The first kappa shape index (κ1) is 41.0. The van der Waals surface area contributed by atoms with Crippen molar-refractivity contribution < 1.29 is 38.7 Å². The molecule has 0 amide bonds. The van der Waals surface area contributed by atoms with E-state index in [-0.39, 0.29) is 43.5 Å². The molecular formula is C43H34Cl4O8. The minimum absolute atomic E-state index is 0.0749. The summed E-state index contributed by atoms with van der Waals surface area (Å²) in [6.45, 7) is 0.720. The van der Waals surface area contributed by atoms with Gasteiger partial charge in [0.1, 0.15) is 26.4 Å². The second kappa shape index (κ2) is 20.5. The number of ether oxygens (including phenoxy) is 4. The fraction of sp³-hybridized carbons (Fsp3) is 0.116. The molecule has 0 saturated carbocycles. The van der Waals surface area contributed by atoms with E-state index in [1.807, 2.05) is 60.7 Å². The van der Waals surface area contributed by atoms with Crippen molar-refractivity contribution in [2.75, 3.05) is 0 Å². The molecule has 0 aliphatic heterocycles. The highest BCUT2D eigenvalue weighted by Crippen LogP contribution is 2.37. The predicted molar refractivity (Wildman–Crippen MR) is 214 cm³/mol. The lowest BCUT2D eigenvalue weighted by Gasteiger charge is -2.18. The average molecular weight is 821 g/mol. The molecule has 0 bridgehead atoms. The van der Waals surface area contributed by atoms with E-state index < -0.39 is 12.1 Å². The van der Waals surface area contributed by atoms with E-state index in [1.54, 1.807) is 66.7 Å². The van der Waals surface area contributed by atoms with Gasteiger partial charge in [0.2, 0.25) is 0 Å². The summed E-state index contributed by atoms with van der Waals surface area (Å²) in [6, 6.07) is 39.1. The molecule has 0 saturated heterocycles. The number of rotatable bonds is 15. The van der Waals surface area contributed by atoms with Crippen LogP contribution in [-0.2, 0) is 31.2 Å². The maximum absolute atomic E-state index is 11.4. The summed E-state index contributed by atoms with van der Waals surface area (Å²) in [4.78, 5) is 22.7. The molecule has 0 aliphatic carbocycles. The van der Waals surface area contributed by atoms with Crippen LogP contribution in [0.15, 0.2) is 133 Å². The van der Waals surface area contributed by atoms with E-state index in [9.17, 15) is 19.8 Å². The molecule has 0 aromatic heterocycles. The van der Waals surface area contributed by atoms with Crippen molar-refractivity contribution in [1.82, 2.24) is 0 Å². The lowest BCUT2D eigenvalue weighted by molar-refractivity contribution is -0.147. The van der Waals surface area contributed by atoms with Crippen molar-refractivity contribution in [3.63, 3.8) is 0 Å². The van der Waals surface area contributed by atoms with Crippen LogP contribution >= 0.6 is 46.4 Å². The topological polar surface area (TPSA) is 112 Å². The molecule has 0 aliphatic rings. The minimum Gasteiger partial charge on any atom is -0.485 e. The smallest absolute Gasteiger partial charge is 0.337 e. The number of carboxylic acids is 1. The normalized spacial score (nSPS) is 11.1. The average Bonchev–Trinajstić information content (AvgIpc) is 3.19. The Bertz CT molecular complexity index is 2230. The Morgan fingerprint density at radius 2 is 0.873 bits per heavy atom. The molecular weight excluding hydrogens is 786 g/mol. The van der Waals surface area contributed by atoms with Gasteiger partial charge in [-0.2, -0.15) is 0 Å². The minimum atomic E-state index is -1.76. The van der Waals surface area contributed by atoms with E-state index in [0.29, 0.717) is 42.7 Å². The van der Waals surface area contributed by atoms with Crippen molar-refractivity contribution in [3.8, 4) is 23.0 Å². The van der Waals surface area contributed by atoms with Crippen LogP contribution in [0, 0.1) is 0 Å². The van der Waals surface area contributed by atoms with Crippen LogP contribution in [0.5, 0.6) is 23.0 Å². The first-order chi connectivity index (χ1) is 26.7. The number of carboxylic acid groups (broad SMARTS) is 1. The Morgan fingerprint density at radius 3 is 1.27 bits per heavy atom. The van der Waals surface area contributed by atoms with Crippen molar-refractivity contribution in [2.45, 2.75) is 32.5 Å². The number of carbonyl (C=O) groups is 2. The van der Waals surface area contributed by atoms with Crippen LogP contribution in [0.2, 0.25) is 20.1 Å². The lowest BCUT2D eigenvalue weighted by atomic mass is 10.1. The van der Waals surface area contributed by atoms with Crippen molar-refractivity contribution in [2.24, 2.45) is 0 Å². The Kier molecular flexibility index (Phi) is 15.2. The number of aliphatic carboxylic acids is 1. The third-order valence-corrected chi connectivity index (χ3v) is 9.49. The van der Waals surface area contributed by atoms with E-state index in [1.165, 1.54) is 6.07 Å². The van der Waals surface area contributed by atoms with Crippen LogP contribution in [0.4, 0.5) is 0 Å². The first-order valence-corrected chi connectivity index (χ1v) is 18.2. The molecule has 282 valence electrons. The zero-order chi connectivity index (χ0) is 39.2. The van der Waals surface area contributed by atoms with Gasteiger partial charge in [-0.15, -0.1) is 0 Å². The van der Waals surface area contributed by atoms with Gasteiger partial charge in [0.25, 0.3) is 0 Å². The number of hydrogen-bond acceptors (Lipinski definition) is 7. The maximum Gasteiger partial charge on any atom is 0.337 e. The number of hydrogen-bond donors (Lipinski definition) is 2. The summed E-state index contributed by atoms with van der Waals surface area (Å²) in [6.07, 6.45) is -1.02. The highest BCUT2D eigenvalue weighted by atomic mass is 35.5. The van der Waals surface area contributed by atoms with Crippen molar-refractivity contribution in [1.29, 1.82) is 0 Å². The maximum atomic E-state index is 11.4. The van der Waals surface area contributed by atoms with Gasteiger partial charge in [0, 0.05) is 47.9 Å². The molecule has 0 fully saturated rings. The second-order valence-electron chi connectivity index (χ2n) is 11.7. The van der Waals surface area contributed by atoms with Gasteiger partial charge < -0.3 is 29.2 Å². The molecule has 6 rings (SSSR count). The third-order valence-electron chi connectivity index (χ3n) is 8.02. The summed E-state index contributed by atoms with van der Waals surface area (Å²) in [5.74, 6) is -0.115. The molecule has 1 unspecified atom stereocenters. The van der Waals surface area contributed by atoms with E-state index in [2.05, 4.69) is 0 Å². The van der Waals surface area contributed by atoms with Crippen LogP contribution in [0.3, 0.4) is 0 Å². The molecule has 2 N–H and O–H groups in total. The van der Waals surface area contributed by atoms with Gasteiger partial charge in [-0.05, 0) is 42.5 Å². The highest BCUT2D eigenvalue weighted by molar-refractivity contribution is 6.32. The van der Waals surface area contributed by atoms with Crippen LogP contribution in [0.25, 0.3) is 0 Å². The molecule has 0 spiro atoms. The zero-order valence-electron chi connectivity index (χ0n) is 29.0. The van der Waals surface area contributed by atoms with Gasteiger partial charge >= 0.3 is 5.97 Å². The summed E-state index contributed by atoms with van der Waals surface area (Å²) in [5.41, 5.74) is 3.64. The van der Waals surface area contributed by atoms with Crippen LogP contribution in [-0.4, -0.2) is 22.5 Å². The van der Waals surface area contributed by atoms with Gasteiger partial charge in [-0.25, -0.2) is 4.79 Å². The van der Waals surface area contributed by atoms with Crippen molar-refractivity contribution in [3.05, 3.63) is 187 Å². The Hall–Kier alpha value is -5.22. The second-order valence-corrected chi connectivity index (χ2v) is 13.4. The van der Waals surface area contributed by atoms with E-state index in [4.69, 9.17) is 65.4 Å². The summed E-state index contributed by atoms with van der Waals surface area (Å²) in [7, 11) is 0. The zero-order valence-corrected chi connectivity index (χ0v) is 32.1. The number of aliphatic hydroxyl groups excluding tert-OH is 1. The molecule has 6 aromatic rings. The molecule has 6 aromatic carbocycles. The number of carbonyl (C=O) groups excluding carboxylic acids is 1. The van der Waals surface area contributed by atoms with Gasteiger partial charge in [0.15, 0.2) is 35.4 Å². The third kappa shape index (κ3) is 11.4. The van der Waals surface area contributed by atoms with Gasteiger partial charge in [-0.3, -0.25) is 4.79 Å². The lowest BCUT2D eigenvalue weighted by Crippen LogP contribution is -2.13. The highest BCUT2D eigenvalue weighted by Gasteiger charge is 2.24. The number of halogens is 4. The molecule has 1 atom stereocenters. The fourth-order valence-corrected chi connectivity index (χ4v) is 5.88. The fourth-order valence-electron chi connectivity index (χ4n) is 5.12. The summed E-state index contributed by atoms with van der Waals surface area (Å²) < 4.78 is 23.4. The Labute approximate surface area is 338 Å². The molecule has 55 heavy (non-hydrogen) atoms. The number of aldehydes is 1. The standard InChI is InChI=1S/C22H18Cl2O5.C21H16Cl2O3/c23-17-9-3-1-6-14(17)12-28-19-11-5-8-16(20(25)22(26)27)21(19)29-13-15-7-2-4-10-18(15)24;22-18-9-3-1-6-16(18)13-25-20-11-5-8-15(12-24)21(20)26-14-17-7-2-4-10-19(17)23/h1-11,20,25H,12-13H2,(H,26,27);1-12H,13-14H2. The summed E-state index contributed by atoms with van der Waals surface area (Å²) in [5, 5.41) is 21.6. The molecule has 8 nitrogen and oxygen atoms in total. The quantitative estimate of drug-likeness (QED) is 0.0985. The molecule has 0 heterocycles. The molecule has 0 radical (unpaired) electrons. The monoisotopic (exact) mass is 818 g/mol. The largest absolute Gasteiger partial charge is 0.485 e. The summed E-state index contributed by atoms with van der Waals surface area (Å²) >= 11 is 24.7. The SMILES string of the molecule is O=C(O)C(O)c1cccc(OCc2ccccc2Cl)c1OCc1ccccc1Cl.O=Cc1cccc(OCc2ccccc2Cl)c1OCc1ccccc1Cl. The Morgan fingerprint density at radius 1 is 0.509 bits per heavy atom. The Balaban J connectivity index is 0.000000212. The first-order valence-electron chi connectivity index (χ1n) is 16.7. The van der Waals surface area contributed by atoms with Crippen molar-refractivity contribution >= 4 is 58.7 Å². The van der Waals surface area contributed by atoms with Crippen LogP contribution < -0.4 is 18.9 Å². The van der Waals surface area contributed by atoms with E-state index in [0.717, 1.165) is 23.0 Å². The number of para-hydroxylation sites is 2. The van der Waals surface area contributed by atoms with E-state index >= 15 is 0 Å². The number of aliphatic hydroxyl groups is 1. The van der Waals surface area contributed by atoms with Crippen LogP contribution in [0.1, 0.15) is 44.3 Å². The van der Waals surface area contributed by atoms with Gasteiger partial charge in [-0.1, -0.05) is 137 Å². The predicted octanol–water partition coefficient (Wildman–Crippen LogP) is 11.2. The number of benzene rings is 6. The molecule has 12 heteroatoms.